The molecule has 1 N–H and O–H groups in total. The van der Waals surface area contributed by atoms with Crippen LogP contribution in [0.2, 0.25) is 0 Å². The van der Waals surface area contributed by atoms with Crippen LogP contribution in [0, 0.1) is 20.8 Å². The fraction of sp³-hybridized carbons (Fsp3) is 0.267. The van der Waals surface area contributed by atoms with Crippen LogP contribution in [0.4, 0.5) is 5.69 Å². The van der Waals surface area contributed by atoms with Gasteiger partial charge >= 0.3 is 0 Å². The highest BCUT2D eigenvalue weighted by Crippen LogP contribution is 2.44. The molecule has 1 aliphatic rings. The van der Waals surface area contributed by atoms with Gasteiger partial charge in [-0.05, 0) is 106 Å². The second-order valence-electron chi connectivity index (χ2n) is 9.65. The highest BCUT2D eigenvalue weighted by atomic mass is 32.1. The van der Waals surface area contributed by atoms with E-state index in [1.807, 2.05) is 61.7 Å². The van der Waals surface area contributed by atoms with Gasteiger partial charge in [0.05, 0.1) is 17.8 Å². The van der Waals surface area contributed by atoms with E-state index in [9.17, 15) is 0 Å². The molecular weight excluding hydrogens is 464 g/mol. The summed E-state index contributed by atoms with van der Waals surface area (Å²) < 4.78 is 8.53. The summed E-state index contributed by atoms with van der Waals surface area (Å²) in [7, 11) is 0. The van der Waals surface area contributed by atoms with Crippen molar-refractivity contribution < 1.29 is 4.74 Å². The summed E-state index contributed by atoms with van der Waals surface area (Å²) in [4.78, 5) is 6.91. The summed E-state index contributed by atoms with van der Waals surface area (Å²) in [6.45, 7) is 10.9. The molecule has 2 aromatic carbocycles. The molecule has 2 unspecified atom stereocenters. The topological polar surface area (TPSA) is 42.3 Å². The highest BCUT2D eigenvalue weighted by Gasteiger charge is 2.42. The Morgan fingerprint density at radius 1 is 0.944 bits per heavy atom. The van der Waals surface area contributed by atoms with Crippen molar-refractivity contribution in [1.29, 1.82) is 0 Å². The molecule has 1 aliphatic heterocycles. The number of thiocarbonyl (C=S) groups is 1. The summed E-state index contributed by atoms with van der Waals surface area (Å²) in [6, 6.07) is 24.8. The fourth-order valence-electron chi connectivity index (χ4n) is 5.32. The zero-order valence-electron chi connectivity index (χ0n) is 21.4. The first-order valence-corrected chi connectivity index (χ1v) is 12.8. The average Bonchev–Trinajstić information content (AvgIpc) is 3.36. The van der Waals surface area contributed by atoms with Crippen molar-refractivity contribution in [3.8, 4) is 11.5 Å². The van der Waals surface area contributed by atoms with E-state index in [4.69, 9.17) is 17.0 Å². The number of nitrogens with one attached hydrogen (secondary N) is 1. The summed E-state index contributed by atoms with van der Waals surface area (Å²) in [5, 5.41) is 4.26. The summed E-state index contributed by atoms with van der Waals surface area (Å²) in [6.07, 6.45) is 1.84. The van der Waals surface area contributed by atoms with E-state index in [0.717, 1.165) is 28.4 Å². The van der Waals surface area contributed by atoms with Gasteiger partial charge in [-0.3, -0.25) is 4.98 Å². The van der Waals surface area contributed by atoms with E-state index in [1.54, 1.807) is 0 Å². The maximum atomic E-state index is 6.14. The predicted molar refractivity (Wildman–Crippen MR) is 150 cm³/mol. The fourth-order valence-corrected chi connectivity index (χ4v) is 5.66. The van der Waals surface area contributed by atoms with Crippen LogP contribution in [0.3, 0.4) is 0 Å². The molecule has 2 atom stereocenters. The molecule has 4 aromatic rings. The van der Waals surface area contributed by atoms with Crippen LogP contribution in [0.15, 0.2) is 79.0 Å². The number of hydrogen-bond acceptors (Lipinski definition) is 3. The van der Waals surface area contributed by atoms with Crippen molar-refractivity contribution in [2.24, 2.45) is 0 Å². The standard InChI is InChI=1S/C30H32N4OS/c1-19(2)33-21(4)18-25(22(33)5)29-28(26-11-8-9-17-31-26)32-30(36)34(29)23-13-15-24(16-14-23)35-27-12-7-6-10-20(27)3/h6-19,28-29H,1-5H3,(H,32,36). The maximum absolute atomic E-state index is 6.14. The number of ether oxygens (including phenoxy) is 1. The van der Waals surface area contributed by atoms with E-state index in [1.165, 1.54) is 17.0 Å². The third kappa shape index (κ3) is 4.37. The molecule has 5 nitrogen and oxygen atoms in total. The molecule has 2 aromatic heterocycles. The van der Waals surface area contributed by atoms with Crippen molar-refractivity contribution >= 4 is 23.0 Å². The lowest BCUT2D eigenvalue weighted by Crippen LogP contribution is -2.29. The van der Waals surface area contributed by atoms with Crippen LogP contribution in [-0.2, 0) is 0 Å². The van der Waals surface area contributed by atoms with Gasteiger partial charge in [0.2, 0.25) is 0 Å². The van der Waals surface area contributed by atoms with Crippen LogP contribution >= 0.6 is 12.2 Å². The Labute approximate surface area is 218 Å². The van der Waals surface area contributed by atoms with Gasteiger partial charge in [0.15, 0.2) is 5.11 Å². The Kier molecular flexibility index (Phi) is 6.54. The number of nitrogens with zero attached hydrogens (tertiary/aromatic N) is 3. The number of aromatic nitrogens is 2. The molecule has 0 radical (unpaired) electrons. The van der Waals surface area contributed by atoms with Gasteiger partial charge in [-0.25, -0.2) is 0 Å². The number of benzene rings is 2. The van der Waals surface area contributed by atoms with Crippen LogP contribution < -0.4 is 15.0 Å². The summed E-state index contributed by atoms with van der Waals surface area (Å²) in [5.41, 5.74) is 6.85. The molecule has 6 heteroatoms. The number of anilines is 1. The normalized spacial score (nSPS) is 17.5. The van der Waals surface area contributed by atoms with Gasteiger partial charge in [-0.2, -0.15) is 0 Å². The summed E-state index contributed by atoms with van der Waals surface area (Å²) >= 11 is 5.91. The third-order valence-corrected chi connectivity index (χ3v) is 7.21. The zero-order valence-corrected chi connectivity index (χ0v) is 22.2. The van der Waals surface area contributed by atoms with Crippen LogP contribution in [0.25, 0.3) is 0 Å². The van der Waals surface area contributed by atoms with Crippen molar-refractivity contribution in [2.45, 2.75) is 52.7 Å². The first-order chi connectivity index (χ1) is 17.3. The van der Waals surface area contributed by atoms with E-state index >= 15 is 0 Å². The van der Waals surface area contributed by atoms with Crippen molar-refractivity contribution in [2.75, 3.05) is 4.90 Å². The minimum atomic E-state index is -0.0669. The molecule has 0 saturated carbocycles. The van der Waals surface area contributed by atoms with Crippen LogP contribution in [-0.4, -0.2) is 14.7 Å². The lowest BCUT2D eigenvalue weighted by molar-refractivity contribution is 0.479. The maximum Gasteiger partial charge on any atom is 0.174 e. The molecule has 1 saturated heterocycles. The zero-order chi connectivity index (χ0) is 25.4. The van der Waals surface area contributed by atoms with E-state index in [2.05, 4.69) is 71.7 Å². The lowest BCUT2D eigenvalue weighted by Gasteiger charge is -2.28. The van der Waals surface area contributed by atoms with Gasteiger partial charge in [0.1, 0.15) is 11.5 Å². The van der Waals surface area contributed by atoms with Crippen molar-refractivity contribution in [3.05, 3.63) is 107 Å². The lowest BCUT2D eigenvalue weighted by atomic mass is 9.96. The minimum absolute atomic E-state index is 0.0331. The van der Waals surface area contributed by atoms with E-state index in [0.29, 0.717) is 11.2 Å². The molecule has 0 aliphatic carbocycles. The number of rotatable bonds is 6. The third-order valence-electron chi connectivity index (χ3n) is 6.89. The van der Waals surface area contributed by atoms with E-state index in [-0.39, 0.29) is 12.1 Å². The monoisotopic (exact) mass is 496 g/mol. The van der Waals surface area contributed by atoms with Gasteiger partial charge < -0.3 is 19.5 Å². The number of hydrogen-bond donors (Lipinski definition) is 1. The van der Waals surface area contributed by atoms with Crippen LogP contribution in [0.1, 0.15) is 60.2 Å². The second-order valence-corrected chi connectivity index (χ2v) is 10.0. The molecule has 0 spiro atoms. The Morgan fingerprint density at radius 3 is 2.31 bits per heavy atom. The molecule has 36 heavy (non-hydrogen) atoms. The SMILES string of the molecule is Cc1ccccc1Oc1ccc(N2C(=S)NC(c3ccccn3)C2c2cc(C)n(C(C)C)c2C)cc1. The first-order valence-electron chi connectivity index (χ1n) is 12.4. The molecule has 5 rings (SSSR count). The van der Waals surface area contributed by atoms with Crippen molar-refractivity contribution in [3.63, 3.8) is 0 Å². The molecule has 0 amide bonds. The Morgan fingerprint density at radius 2 is 1.67 bits per heavy atom. The molecular formula is C30H32N4OS. The quantitative estimate of drug-likeness (QED) is 0.283. The number of pyridine rings is 1. The Balaban J connectivity index is 1.55. The van der Waals surface area contributed by atoms with Gasteiger partial charge in [0.25, 0.3) is 0 Å². The van der Waals surface area contributed by atoms with Crippen molar-refractivity contribution in [1.82, 2.24) is 14.9 Å². The molecule has 0 bridgehead atoms. The Bertz CT molecular complexity index is 1380. The smallest absolute Gasteiger partial charge is 0.174 e. The summed E-state index contributed by atoms with van der Waals surface area (Å²) in [5.74, 6) is 1.65. The molecule has 3 heterocycles. The second kappa shape index (κ2) is 9.78. The minimum Gasteiger partial charge on any atom is -0.457 e. The average molecular weight is 497 g/mol. The highest BCUT2D eigenvalue weighted by molar-refractivity contribution is 7.80. The molecule has 1 fully saturated rings. The van der Waals surface area contributed by atoms with Gasteiger partial charge in [-0.1, -0.05) is 24.3 Å². The first kappa shape index (κ1) is 24.1. The largest absolute Gasteiger partial charge is 0.457 e. The van der Waals surface area contributed by atoms with E-state index < -0.39 is 0 Å². The number of aryl methyl sites for hydroxylation is 2. The molecule has 184 valence electrons. The Hall–Kier alpha value is -3.64. The number of para-hydroxylation sites is 1. The predicted octanol–water partition coefficient (Wildman–Crippen LogP) is 7.36. The van der Waals surface area contributed by atoms with Gasteiger partial charge in [0, 0.05) is 29.3 Å². The van der Waals surface area contributed by atoms with Gasteiger partial charge in [-0.15, -0.1) is 0 Å². The van der Waals surface area contributed by atoms with Crippen LogP contribution in [0.5, 0.6) is 11.5 Å².